The van der Waals surface area contributed by atoms with E-state index in [9.17, 15) is 20.0 Å². The van der Waals surface area contributed by atoms with Gasteiger partial charge in [0.1, 0.15) is 5.75 Å². The number of amides is 1. The molecule has 0 heterocycles. The molecule has 0 spiro atoms. The first kappa shape index (κ1) is 14.3. The number of nitro groups is 1. The normalized spacial score (nSPS) is 10.7. The number of non-ortho nitro benzene ring substituents is 1. The summed E-state index contributed by atoms with van der Waals surface area (Å²) >= 11 is 0. The quantitative estimate of drug-likeness (QED) is 0.529. The molecule has 21 heavy (non-hydrogen) atoms. The van der Waals surface area contributed by atoms with Crippen LogP contribution in [0.15, 0.2) is 52.7 Å². The molecule has 2 aromatic rings. The Labute approximate surface area is 119 Å². The van der Waals surface area contributed by atoms with Crippen molar-refractivity contribution in [3.8, 4) is 5.75 Å². The number of aryl methyl sites for hydroxylation is 1. The van der Waals surface area contributed by atoms with Crippen molar-refractivity contribution in [3.05, 3.63) is 63.7 Å². The molecular weight excluding hydrogens is 274 g/mol. The Bertz CT molecular complexity index is 723. The predicted octanol–water partition coefficient (Wildman–Crippen LogP) is 3.53. The monoisotopic (exact) mass is 285 g/mol. The van der Waals surface area contributed by atoms with Crippen LogP contribution in [-0.4, -0.2) is 15.9 Å². The Morgan fingerprint density at radius 2 is 1.86 bits per heavy atom. The molecule has 2 rings (SSSR count). The van der Waals surface area contributed by atoms with Crippen LogP contribution in [0.4, 0.5) is 11.4 Å². The molecule has 7 nitrogen and oxygen atoms in total. The molecule has 0 fully saturated rings. The average molecular weight is 285 g/mol. The largest absolute Gasteiger partial charge is 0.508 e. The average Bonchev–Trinajstić information content (AvgIpc) is 2.48. The number of carbonyl (C=O) groups is 1. The molecular formula is C14H11N3O4. The Morgan fingerprint density at radius 1 is 1.19 bits per heavy atom. The topological polar surface area (TPSA) is 105 Å². The van der Waals surface area contributed by atoms with Crippen molar-refractivity contribution in [3.63, 3.8) is 0 Å². The fourth-order valence-electron chi connectivity index (χ4n) is 1.59. The molecule has 0 saturated heterocycles. The van der Waals surface area contributed by atoms with E-state index in [4.69, 9.17) is 0 Å². The van der Waals surface area contributed by atoms with Crippen LogP contribution in [0.2, 0.25) is 0 Å². The predicted molar refractivity (Wildman–Crippen MR) is 74.8 cm³/mol. The third kappa shape index (κ3) is 3.47. The highest BCUT2D eigenvalue weighted by Gasteiger charge is 2.08. The molecule has 2 aromatic carbocycles. The lowest BCUT2D eigenvalue weighted by atomic mass is 10.2. The molecule has 7 heteroatoms. The number of rotatable bonds is 3. The summed E-state index contributed by atoms with van der Waals surface area (Å²) in [4.78, 5) is 21.7. The van der Waals surface area contributed by atoms with E-state index in [1.54, 1.807) is 13.0 Å². The minimum absolute atomic E-state index is 0.0994. The van der Waals surface area contributed by atoms with Gasteiger partial charge in [-0.2, -0.15) is 0 Å². The number of nitrogens with zero attached hydrogens (tertiary/aromatic N) is 3. The summed E-state index contributed by atoms with van der Waals surface area (Å²) in [5.74, 6) is -0.466. The number of nitro benzene ring substituents is 1. The molecule has 0 aliphatic heterocycles. The summed E-state index contributed by atoms with van der Waals surface area (Å²) in [6, 6.07) is 9.67. The van der Waals surface area contributed by atoms with Gasteiger partial charge in [0.25, 0.3) is 11.6 Å². The van der Waals surface area contributed by atoms with Gasteiger partial charge in [-0.15, -0.1) is 10.2 Å². The van der Waals surface area contributed by atoms with Crippen molar-refractivity contribution < 1.29 is 14.8 Å². The van der Waals surface area contributed by atoms with E-state index in [0.29, 0.717) is 11.3 Å². The van der Waals surface area contributed by atoms with E-state index in [2.05, 4.69) is 10.2 Å². The van der Waals surface area contributed by atoms with Gasteiger partial charge in [-0.05, 0) is 42.8 Å². The van der Waals surface area contributed by atoms with Gasteiger partial charge in [0.15, 0.2) is 0 Å². The molecule has 0 radical (unpaired) electrons. The van der Waals surface area contributed by atoms with Gasteiger partial charge < -0.3 is 5.11 Å². The molecule has 1 amide bonds. The van der Waals surface area contributed by atoms with Crippen molar-refractivity contribution in [2.75, 3.05) is 0 Å². The van der Waals surface area contributed by atoms with E-state index < -0.39 is 10.8 Å². The number of hydrogen-bond donors (Lipinski definition) is 1. The third-order valence-corrected chi connectivity index (χ3v) is 2.76. The van der Waals surface area contributed by atoms with E-state index in [1.165, 1.54) is 36.4 Å². The van der Waals surface area contributed by atoms with Gasteiger partial charge in [0, 0.05) is 17.7 Å². The molecule has 0 saturated carbocycles. The second kappa shape index (κ2) is 5.91. The van der Waals surface area contributed by atoms with Crippen molar-refractivity contribution in [1.82, 2.24) is 0 Å². The highest BCUT2D eigenvalue weighted by Crippen LogP contribution is 2.22. The third-order valence-electron chi connectivity index (χ3n) is 2.76. The van der Waals surface area contributed by atoms with E-state index >= 15 is 0 Å². The zero-order chi connectivity index (χ0) is 15.4. The number of benzene rings is 2. The number of phenols is 1. The lowest BCUT2D eigenvalue weighted by Gasteiger charge is -1.98. The lowest BCUT2D eigenvalue weighted by molar-refractivity contribution is -0.384. The van der Waals surface area contributed by atoms with Gasteiger partial charge in [0.05, 0.1) is 10.6 Å². The summed E-state index contributed by atoms with van der Waals surface area (Å²) in [6.07, 6.45) is 0. The van der Waals surface area contributed by atoms with Crippen LogP contribution in [0.5, 0.6) is 5.75 Å². The van der Waals surface area contributed by atoms with Crippen LogP contribution in [0, 0.1) is 17.0 Å². The summed E-state index contributed by atoms with van der Waals surface area (Å²) in [6.45, 7) is 1.70. The number of phenolic OH excluding ortho intramolecular Hbond substituents is 1. The molecule has 106 valence electrons. The Morgan fingerprint density at radius 3 is 2.43 bits per heavy atom. The molecule has 0 unspecified atom stereocenters. The van der Waals surface area contributed by atoms with Crippen molar-refractivity contribution in [2.45, 2.75) is 6.92 Å². The summed E-state index contributed by atoms with van der Waals surface area (Å²) < 4.78 is 0. The SMILES string of the molecule is Cc1cc(N=NC(=O)c2ccc([N+](=O)[O-])cc2)ccc1O. The first-order valence-corrected chi connectivity index (χ1v) is 5.97. The van der Waals surface area contributed by atoms with Crippen LogP contribution in [0.1, 0.15) is 15.9 Å². The van der Waals surface area contributed by atoms with Gasteiger partial charge in [0.2, 0.25) is 0 Å². The van der Waals surface area contributed by atoms with Crippen LogP contribution in [-0.2, 0) is 0 Å². The summed E-state index contributed by atoms with van der Waals surface area (Å²) in [7, 11) is 0. The molecule has 0 aliphatic carbocycles. The smallest absolute Gasteiger partial charge is 0.295 e. The number of aromatic hydroxyl groups is 1. The van der Waals surface area contributed by atoms with Gasteiger partial charge in [-0.1, -0.05) is 0 Å². The fraction of sp³-hybridized carbons (Fsp3) is 0.0714. The van der Waals surface area contributed by atoms with Crippen molar-refractivity contribution in [1.29, 1.82) is 0 Å². The van der Waals surface area contributed by atoms with Crippen molar-refractivity contribution >= 4 is 17.3 Å². The molecule has 1 N–H and O–H groups in total. The first-order valence-electron chi connectivity index (χ1n) is 5.97. The highest BCUT2D eigenvalue weighted by atomic mass is 16.6. The second-order valence-electron chi connectivity index (χ2n) is 4.28. The number of carbonyl (C=O) groups excluding carboxylic acids is 1. The summed E-state index contributed by atoms with van der Waals surface area (Å²) in [5.41, 5.74) is 1.16. The maximum Gasteiger partial charge on any atom is 0.295 e. The van der Waals surface area contributed by atoms with E-state index in [-0.39, 0.29) is 17.0 Å². The van der Waals surface area contributed by atoms with Crippen LogP contribution in [0.3, 0.4) is 0 Å². The van der Waals surface area contributed by atoms with Crippen LogP contribution >= 0.6 is 0 Å². The van der Waals surface area contributed by atoms with Crippen molar-refractivity contribution in [2.24, 2.45) is 10.2 Å². The highest BCUT2D eigenvalue weighted by molar-refractivity contribution is 5.94. The van der Waals surface area contributed by atoms with E-state index in [0.717, 1.165) is 0 Å². The molecule has 0 atom stereocenters. The Kier molecular flexibility index (Phi) is 4.03. The zero-order valence-electron chi connectivity index (χ0n) is 11.1. The van der Waals surface area contributed by atoms with Crippen LogP contribution < -0.4 is 0 Å². The van der Waals surface area contributed by atoms with Gasteiger partial charge in [-0.25, -0.2) is 0 Å². The summed E-state index contributed by atoms with van der Waals surface area (Å²) in [5, 5.41) is 27.2. The van der Waals surface area contributed by atoms with Crippen LogP contribution in [0.25, 0.3) is 0 Å². The number of hydrogen-bond acceptors (Lipinski definition) is 5. The minimum atomic E-state index is -0.601. The van der Waals surface area contributed by atoms with Gasteiger partial charge >= 0.3 is 0 Å². The second-order valence-corrected chi connectivity index (χ2v) is 4.28. The zero-order valence-corrected chi connectivity index (χ0v) is 11.1. The number of azo groups is 1. The van der Waals surface area contributed by atoms with Gasteiger partial charge in [-0.3, -0.25) is 14.9 Å². The first-order chi connectivity index (χ1) is 9.97. The minimum Gasteiger partial charge on any atom is -0.508 e. The molecule has 0 bridgehead atoms. The maximum atomic E-state index is 11.8. The molecule has 0 aromatic heterocycles. The fourth-order valence-corrected chi connectivity index (χ4v) is 1.59. The lowest BCUT2D eigenvalue weighted by Crippen LogP contribution is -1.94. The maximum absolute atomic E-state index is 11.8. The standard InChI is InChI=1S/C14H11N3O4/c1-9-8-11(4-7-13(9)18)15-16-14(19)10-2-5-12(6-3-10)17(20)21/h2-8,18H,1H3. The molecule has 0 aliphatic rings. The Balaban J connectivity index is 2.14. The van der Waals surface area contributed by atoms with E-state index in [1.807, 2.05) is 0 Å². The Hall–Kier alpha value is -3.09.